The summed E-state index contributed by atoms with van der Waals surface area (Å²) in [5.41, 5.74) is 1.01. The third-order valence-corrected chi connectivity index (χ3v) is 5.11. The summed E-state index contributed by atoms with van der Waals surface area (Å²) in [6.07, 6.45) is 2.36. The molecule has 0 aliphatic carbocycles. The third kappa shape index (κ3) is 5.70. The van der Waals surface area contributed by atoms with Gasteiger partial charge in [-0.15, -0.1) is 11.3 Å². The zero-order chi connectivity index (χ0) is 18.6. The number of rotatable bonds is 6. The molecule has 1 atom stereocenters. The molecule has 2 rings (SSSR count). The standard InChI is InChI=1S/C17H19Cl2N3O2S/c1-9(2)15(21-10(3)23)16(24)22-17-20-8-12(25-17)6-11-4-5-13(18)14(19)7-11/h4-5,7-9,15H,6H2,1-3H3,(H,21,23)(H,20,22,24). The smallest absolute Gasteiger partial charge is 0.248 e. The molecule has 1 aromatic heterocycles. The van der Waals surface area contributed by atoms with Crippen LogP contribution in [0.3, 0.4) is 0 Å². The quantitative estimate of drug-likeness (QED) is 0.766. The van der Waals surface area contributed by atoms with E-state index in [1.165, 1.54) is 18.3 Å². The molecule has 2 amide bonds. The van der Waals surface area contributed by atoms with Crippen molar-refractivity contribution in [1.29, 1.82) is 0 Å². The second kappa shape index (κ2) is 8.65. The van der Waals surface area contributed by atoms with Crippen molar-refractivity contribution in [2.75, 3.05) is 5.32 Å². The molecule has 0 aliphatic rings. The van der Waals surface area contributed by atoms with Crippen molar-refractivity contribution >= 4 is 51.5 Å². The summed E-state index contributed by atoms with van der Waals surface area (Å²) in [6.45, 7) is 5.14. The van der Waals surface area contributed by atoms with E-state index < -0.39 is 6.04 Å². The molecule has 1 heterocycles. The molecule has 2 aromatic rings. The maximum atomic E-state index is 12.3. The van der Waals surface area contributed by atoms with E-state index in [1.807, 2.05) is 26.0 Å². The minimum atomic E-state index is -0.597. The first-order valence-corrected chi connectivity index (χ1v) is 9.30. The van der Waals surface area contributed by atoms with Crippen LogP contribution in [0, 0.1) is 5.92 Å². The van der Waals surface area contributed by atoms with Crippen molar-refractivity contribution in [3.63, 3.8) is 0 Å². The predicted molar refractivity (Wildman–Crippen MR) is 102 cm³/mol. The molecule has 8 heteroatoms. The molecule has 1 unspecified atom stereocenters. The van der Waals surface area contributed by atoms with Gasteiger partial charge in [-0.25, -0.2) is 4.98 Å². The van der Waals surface area contributed by atoms with Gasteiger partial charge >= 0.3 is 0 Å². The van der Waals surface area contributed by atoms with Gasteiger partial charge in [0.1, 0.15) is 6.04 Å². The minimum absolute atomic E-state index is 0.0282. The zero-order valence-electron chi connectivity index (χ0n) is 14.1. The number of nitrogens with one attached hydrogen (secondary N) is 2. The van der Waals surface area contributed by atoms with Crippen molar-refractivity contribution < 1.29 is 9.59 Å². The highest BCUT2D eigenvalue weighted by molar-refractivity contribution is 7.15. The van der Waals surface area contributed by atoms with Crippen LogP contribution in [-0.2, 0) is 16.0 Å². The molecule has 134 valence electrons. The van der Waals surface area contributed by atoms with Crippen LogP contribution in [0.4, 0.5) is 5.13 Å². The van der Waals surface area contributed by atoms with Crippen molar-refractivity contribution in [2.24, 2.45) is 5.92 Å². The summed E-state index contributed by atoms with van der Waals surface area (Å²) < 4.78 is 0. The van der Waals surface area contributed by atoms with Gasteiger partial charge in [0.2, 0.25) is 11.8 Å². The molecular formula is C17H19Cl2N3O2S. The maximum Gasteiger partial charge on any atom is 0.248 e. The molecule has 0 fully saturated rings. The first kappa shape index (κ1) is 19.7. The van der Waals surface area contributed by atoms with E-state index in [4.69, 9.17) is 23.2 Å². The van der Waals surface area contributed by atoms with Crippen LogP contribution >= 0.6 is 34.5 Å². The summed E-state index contributed by atoms with van der Waals surface area (Å²) in [4.78, 5) is 28.8. The predicted octanol–water partition coefficient (Wildman–Crippen LogP) is 4.14. The maximum absolute atomic E-state index is 12.3. The Hall–Kier alpha value is -1.63. The number of carbonyl (C=O) groups is 2. The lowest BCUT2D eigenvalue weighted by Gasteiger charge is -2.20. The Balaban J connectivity index is 2.03. The van der Waals surface area contributed by atoms with E-state index in [-0.39, 0.29) is 17.7 Å². The van der Waals surface area contributed by atoms with E-state index in [1.54, 1.807) is 12.3 Å². The van der Waals surface area contributed by atoms with E-state index >= 15 is 0 Å². The summed E-state index contributed by atoms with van der Waals surface area (Å²) >= 11 is 13.3. The fourth-order valence-corrected chi connectivity index (χ4v) is 3.41. The Kier molecular flexibility index (Phi) is 6.81. The number of anilines is 1. The van der Waals surface area contributed by atoms with Crippen LogP contribution in [0.15, 0.2) is 24.4 Å². The summed E-state index contributed by atoms with van der Waals surface area (Å²) in [5, 5.41) is 6.94. The molecule has 25 heavy (non-hydrogen) atoms. The fourth-order valence-electron chi connectivity index (χ4n) is 2.23. The normalized spacial score (nSPS) is 12.1. The van der Waals surface area contributed by atoms with Gasteiger partial charge in [0.05, 0.1) is 10.0 Å². The van der Waals surface area contributed by atoms with Gasteiger partial charge in [-0.2, -0.15) is 0 Å². The molecule has 2 N–H and O–H groups in total. The van der Waals surface area contributed by atoms with E-state index in [9.17, 15) is 9.59 Å². The van der Waals surface area contributed by atoms with Crippen LogP contribution in [0.2, 0.25) is 10.0 Å². The number of hydrogen-bond acceptors (Lipinski definition) is 4. The number of nitrogens with zero attached hydrogens (tertiary/aromatic N) is 1. The second-order valence-corrected chi connectivity index (χ2v) is 7.90. The number of aromatic nitrogens is 1. The highest BCUT2D eigenvalue weighted by Crippen LogP contribution is 2.26. The van der Waals surface area contributed by atoms with Gasteiger partial charge in [-0.05, 0) is 23.6 Å². The van der Waals surface area contributed by atoms with E-state index in [0.29, 0.717) is 21.6 Å². The summed E-state index contributed by atoms with van der Waals surface area (Å²) in [6, 6.07) is 4.87. The SMILES string of the molecule is CC(=O)NC(C(=O)Nc1ncc(Cc2ccc(Cl)c(Cl)c2)s1)C(C)C. The molecule has 5 nitrogen and oxygen atoms in total. The molecule has 0 saturated heterocycles. The number of benzene rings is 1. The highest BCUT2D eigenvalue weighted by atomic mass is 35.5. The number of amides is 2. The third-order valence-electron chi connectivity index (χ3n) is 3.45. The Morgan fingerprint density at radius 1 is 1.24 bits per heavy atom. The van der Waals surface area contributed by atoms with E-state index in [2.05, 4.69) is 15.6 Å². The van der Waals surface area contributed by atoms with Crippen LogP contribution in [0.5, 0.6) is 0 Å². The molecule has 0 aliphatic heterocycles. The average molecular weight is 400 g/mol. The van der Waals surface area contributed by atoms with Crippen molar-refractivity contribution in [2.45, 2.75) is 33.2 Å². The molecule has 1 aromatic carbocycles. The van der Waals surface area contributed by atoms with Crippen LogP contribution in [0.25, 0.3) is 0 Å². The number of hydrogen-bond donors (Lipinski definition) is 2. The molecule has 0 spiro atoms. The molecular weight excluding hydrogens is 381 g/mol. The van der Waals surface area contributed by atoms with Crippen molar-refractivity contribution in [1.82, 2.24) is 10.3 Å². The monoisotopic (exact) mass is 399 g/mol. The first-order chi connectivity index (χ1) is 11.8. The fraction of sp³-hybridized carbons (Fsp3) is 0.353. The van der Waals surface area contributed by atoms with Crippen molar-refractivity contribution in [3.8, 4) is 0 Å². The molecule has 0 bridgehead atoms. The average Bonchev–Trinajstić information content (AvgIpc) is 2.95. The summed E-state index contributed by atoms with van der Waals surface area (Å²) in [7, 11) is 0. The molecule has 0 radical (unpaired) electrons. The lowest BCUT2D eigenvalue weighted by molar-refractivity contribution is -0.126. The van der Waals surface area contributed by atoms with Gasteiger partial charge < -0.3 is 10.6 Å². The number of thiazole rings is 1. The van der Waals surface area contributed by atoms with Crippen LogP contribution in [0.1, 0.15) is 31.2 Å². The van der Waals surface area contributed by atoms with Gasteiger partial charge in [0.25, 0.3) is 0 Å². The Labute approximate surface area is 160 Å². The number of carbonyl (C=O) groups excluding carboxylic acids is 2. The van der Waals surface area contributed by atoms with Gasteiger partial charge in [0, 0.05) is 24.4 Å². The van der Waals surface area contributed by atoms with Gasteiger partial charge in [-0.3, -0.25) is 9.59 Å². The lowest BCUT2D eigenvalue weighted by atomic mass is 10.0. The second-order valence-electron chi connectivity index (χ2n) is 5.97. The number of halogens is 2. The van der Waals surface area contributed by atoms with E-state index in [0.717, 1.165) is 10.4 Å². The Morgan fingerprint density at radius 2 is 1.96 bits per heavy atom. The lowest BCUT2D eigenvalue weighted by Crippen LogP contribution is -2.46. The van der Waals surface area contributed by atoms with Crippen molar-refractivity contribution in [3.05, 3.63) is 44.9 Å². The Morgan fingerprint density at radius 3 is 2.56 bits per heavy atom. The van der Waals surface area contributed by atoms with Gasteiger partial charge in [-0.1, -0.05) is 43.1 Å². The first-order valence-electron chi connectivity index (χ1n) is 7.73. The largest absolute Gasteiger partial charge is 0.344 e. The summed E-state index contributed by atoms with van der Waals surface area (Å²) in [5.74, 6) is -0.548. The van der Waals surface area contributed by atoms with Gasteiger partial charge in [0.15, 0.2) is 5.13 Å². The minimum Gasteiger partial charge on any atom is -0.344 e. The zero-order valence-corrected chi connectivity index (χ0v) is 16.4. The highest BCUT2D eigenvalue weighted by Gasteiger charge is 2.23. The van der Waals surface area contributed by atoms with Crippen LogP contribution in [-0.4, -0.2) is 22.8 Å². The topological polar surface area (TPSA) is 71.1 Å². The molecule has 0 saturated carbocycles. The Bertz CT molecular complexity index is 777. The van der Waals surface area contributed by atoms with Crippen LogP contribution < -0.4 is 10.6 Å².